The fraction of sp³-hybridized carbons (Fsp3) is 0.562. The van der Waals surface area contributed by atoms with Crippen LogP contribution in [0.3, 0.4) is 0 Å². The smallest absolute Gasteiger partial charge is 0.251 e. The third kappa shape index (κ3) is 4.31. The fourth-order valence-corrected chi connectivity index (χ4v) is 4.26. The average molecular weight is 339 g/mol. The Morgan fingerprint density at radius 2 is 2.09 bits per heavy atom. The van der Waals surface area contributed by atoms with Crippen molar-refractivity contribution in [3.8, 4) is 0 Å². The van der Waals surface area contributed by atoms with Gasteiger partial charge in [0.2, 0.25) is 10.0 Å². The molecule has 1 atom stereocenters. The van der Waals surface area contributed by atoms with Gasteiger partial charge >= 0.3 is 0 Å². The van der Waals surface area contributed by atoms with Crippen LogP contribution in [0.1, 0.15) is 37.0 Å². The van der Waals surface area contributed by atoms with Crippen molar-refractivity contribution in [3.05, 3.63) is 29.8 Å². The van der Waals surface area contributed by atoms with Gasteiger partial charge in [0.1, 0.15) is 0 Å². The molecule has 7 heteroatoms. The lowest BCUT2D eigenvalue weighted by molar-refractivity contribution is 0.0930. The summed E-state index contributed by atoms with van der Waals surface area (Å²) in [5, 5.41) is 6.20. The van der Waals surface area contributed by atoms with E-state index in [1.54, 1.807) is 26.0 Å². The summed E-state index contributed by atoms with van der Waals surface area (Å²) < 4.78 is 26.5. The lowest BCUT2D eigenvalue weighted by atomic mass is 10.1. The first kappa shape index (κ1) is 17.9. The Morgan fingerprint density at radius 3 is 2.70 bits per heavy atom. The molecule has 2 rings (SSSR count). The highest BCUT2D eigenvalue weighted by Gasteiger charge is 2.23. The largest absolute Gasteiger partial charge is 0.348 e. The summed E-state index contributed by atoms with van der Waals surface area (Å²) in [5.41, 5.74) is 0.379. The monoisotopic (exact) mass is 339 g/mol. The van der Waals surface area contributed by atoms with Gasteiger partial charge in [0.25, 0.3) is 5.91 Å². The van der Waals surface area contributed by atoms with Crippen molar-refractivity contribution in [2.24, 2.45) is 0 Å². The number of hydrogen-bond acceptors (Lipinski definition) is 4. The van der Waals surface area contributed by atoms with Crippen LogP contribution < -0.4 is 10.6 Å². The van der Waals surface area contributed by atoms with Crippen LogP contribution in [-0.2, 0) is 10.0 Å². The second-order valence-corrected chi connectivity index (χ2v) is 7.57. The molecule has 1 amide bonds. The van der Waals surface area contributed by atoms with Gasteiger partial charge in [-0.25, -0.2) is 8.42 Å². The Balaban J connectivity index is 2.17. The first-order chi connectivity index (χ1) is 11.0. The Kier molecular flexibility index (Phi) is 6.15. The number of nitrogens with zero attached hydrogens (tertiary/aromatic N) is 1. The van der Waals surface area contributed by atoms with Crippen LogP contribution in [0.15, 0.2) is 29.2 Å². The average Bonchev–Trinajstić information content (AvgIpc) is 2.57. The van der Waals surface area contributed by atoms with E-state index in [0.29, 0.717) is 18.7 Å². The number of carbonyl (C=O) groups is 1. The molecule has 0 bridgehead atoms. The van der Waals surface area contributed by atoms with Crippen LogP contribution in [0.4, 0.5) is 0 Å². The maximum absolute atomic E-state index is 12.5. The zero-order valence-electron chi connectivity index (χ0n) is 13.7. The van der Waals surface area contributed by atoms with Gasteiger partial charge in [-0.1, -0.05) is 19.9 Å². The summed E-state index contributed by atoms with van der Waals surface area (Å²) in [6.45, 7) is 6.14. The Morgan fingerprint density at radius 1 is 1.35 bits per heavy atom. The van der Waals surface area contributed by atoms with Crippen LogP contribution in [0.25, 0.3) is 0 Å². The van der Waals surface area contributed by atoms with Crippen molar-refractivity contribution in [3.63, 3.8) is 0 Å². The van der Waals surface area contributed by atoms with Crippen molar-refractivity contribution in [2.45, 2.75) is 37.6 Å². The molecule has 0 aromatic heterocycles. The molecule has 1 aliphatic heterocycles. The van der Waals surface area contributed by atoms with Crippen molar-refractivity contribution >= 4 is 15.9 Å². The van der Waals surface area contributed by atoms with E-state index in [4.69, 9.17) is 0 Å². The van der Waals surface area contributed by atoms with Crippen molar-refractivity contribution in [2.75, 3.05) is 26.2 Å². The topological polar surface area (TPSA) is 78.5 Å². The molecule has 1 unspecified atom stereocenters. The first-order valence-electron chi connectivity index (χ1n) is 8.10. The lowest BCUT2D eigenvalue weighted by Gasteiger charge is -2.24. The summed E-state index contributed by atoms with van der Waals surface area (Å²) in [7, 11) is -3.55. The highest BCUT2D eigenvalue weighted by molar-refractivity contribution is 7.89. The van der Waals surface area contributed by atoms with Gasteiger partial charge in [-0.05, 0) is 37.6 Å². The minimum absolute atomic E-state index is 0.0966. The van der Waals surface area contributed by atoms with E-state index in [-0.39, 0.29) is 16.8 Å². The van der Waals surface area contributed by atoms with E-state index in [9.17, 15) is 13.2 Å². The molecule has 23 heavy (non-hydrogen) atoms. The first-order valence-corrected chi connectivity index (χ1v) is 9.54. The van der Waals surface area contributed by atoms with Gasteiger partial charge in [0.15, 0.2) is 0 Å². The van der Waals surface area contributed by atoms with Crippen molar-refractivity contribution in [1.29, 1.82) is 0 Å². The van der Waals surface area contributed by atoms with Gasteiger partial charge in [0, 0.05) is 31.2 Å². The number of piperidine rings is 1. The molecular weight excluding hydrogens is 314 g/mol. The van der Waals surface area contributed by atoms with E-state index < -0.39 is 10.0 Å². The molecular formula is C16H25N3O3S. The van der Waals surface area contributed by atoms with E-state index >= 15 is 0 Å². The zero-order chi connectivity index (χ0) is 16.9. The standard InChI is InChI=1S/C16H25N3O3S/c1-3-19(4-2)23(21,22)15-9-5-7-13(11-15)16(20)18-14-8-6-10-17-12-14/h5,7,9,11,14,17H,3-4,6,8,10,12H2,1-2H3,(H,18,20). The molecule has 1 fully saturated rings. The summed E-state index contributed by atoms with van der Waals surface area (Å²) in [5.74, 6) is -0.227. The second kappa shape index (κ2) is 7.90. The van der Waals surface area contributed by atoms with Gasteiger partial charge in [0.05, 0.1) is 4.90 Å². The number of nitrogens with one attached hydrogen (secondary N) is 2. The molecule has 2 N–H and O–H groups in total. The van der Waals surface area contributed by atoms with Crippen LogP contribution in [0.2, 0.25) is 0 Å². The normalized spacial score (nSPS) is 18.8. The Labute approximate surface area is 138 Å². The van der Waals surface area contributed by atoms with E-state index in [1.807, 2.05) is 0 Å². The van der Waals surface area contributed by atoms with Crippen LogP contribution >= 0.6 is 0 Å². The fourth-order valence-electron chi connectivity index (χ4n) is 2.75. The van der Waals surface area contributed by atoms with Crippen molar-refractivity contribution < 1.29 is 13.2 Å². The number of hydrogen-bond donors (Lipinski definition) is 2. The molecule has 128 valence electrons. The van der Waals surface area contributed by atoms with Crippen LogP contribution in [0.5, 0.6) is 0 Å². The molecule has 1 saturated heterocycles. The summed E-state index contributed by atoms with van der Waals surface area (Å²) in [4.78, 5) is 12.5. The molecule has 1 aromatic carbocycles. The highest BCUT2D eigenvalue weighted by Crippen LogP contribution is 2.17. The van der Waals surface area contributed by atoms with Gasteiger partial charge in [-0.15, -0.1) is 0 Å². The van der Waals surface area contributed by atoms with E-state index in [0.717, 1.165) is 25.9 Å². The molecule has 0 saturated carbocycles. The third-order valence-corrected chi connectivity index (χ3v) is 6.12. The third-order valence-electron chi connectivity index (χ3n) is 4.07. The van der Waals surface area contributed by atoms with Crippen LogP contribution in [0, 0.1) is 0 Å². The van der Waals surface area contributed by atoms with Gasteiger partial charge in [-0.3, -0.25) is 4.79 Å². The number of amides is 1. The van der Waals surface area contributed by atoms with Gasteiger partial charge < -0.3 is 10.6 Å². The van der Waals surface area contributed by atoms with Gasteiger partial charge in [-0.2, -0.15) is 4.31 Å². The minimum Gasteiger partial charge on any atom is -0.348 e. The molecule has 0 radical (unpaired) electrons. The maximum Gasteiger partial charge on any atom is 0.251 e. The molecule has 1 aromatic rings. The summed E-state index contributed by atoms with van der Waals surface area (Å²) in [6, 6.07) is 6.35. The van der Waals surface area contributed by atoms with E-state index in [1.165, 1.54) is 16.4 Å². The Bertz CT molecular complexity index is 636. The number of benzene rings is 1. The quantitative estimate of drug-likeness (QED) is 0.816. The molecule has 6 nitrogen and oxygen atoms in total. The molecule has 1 heterocycles. The predicted octanol–water partition coefficient (Wildman–Crippen LogP) is 1.20. The number of rotatable bonds is 6. The molecule has 1 aliphatic rings. The number of carbonyl (C=O) groups excluding carboxylic acids is 1. The molecule has 0 aliphatic carbocycles. The Hall–Kier alpha value is -1.44. The predicted molar refractivity (Wildman–Crippen MR) is 89.9 cm³/mol. The summed E-state index contributed by atoms with van der Waals surface area (Å²) >= 11 is 0. The molecule has 0 spiro atoms. The number of sulfonamides is 1. The highest BCUT2D eigenvalue weighted by atomic mass is 32.2. The zero-order valence-corrected chi connectivity index (χ0v) is 14.5. The second-order valence-electron chi connectivity index (χ2n) is 5.63. The SMILES string of the molecule is CCN(CC)S(=O)(=O)c1cccc(C(=O)NC2CCCNC2)c1. The maximum atomic E-state index is 12.5. The lowest BCUT2D eigenvalue weighted by Crippen LogP contribution is -2.45. The van der Waals surface area contributed by atoms with Crippen LogP contribution in [-0.4, -0.2) is 50.9 Å². The summed E-state index contributed by atoms with van der Waals surface area (Å²) in [6.07, 6.45) is 1.97. The van der Waals surface area contributed by atoms with E-state index in [2.05, 4.69) is 10.6 Å². The van der Waals surface area contributed by atoms with Crippen molar-refractivity contribution in [1.82, 2.24) is 14.9 Å². The minimum atomic E-state index is -3.55.